The highest BCUT2D eigenvalue weighted by atomic mass is 35.5. The normalized spacial score (nSPS) is 11.1. The van der Waals surface area contributed by atoms with Crippen LogP contribution in [-0.2, 0) is 0 Å². The molecule has 0 radical (unpaired) electrons. The van der Waals surface area contributed by atoms with Crippen molar-refractivity contribution < 1.29 is 0 Å². The van der Waals surface area contributed by atoms with Gasteiger partial charge in [-0.1, -0.05) is 25.4 Å². The summed E-state index contributed by atoms with van der Waals surface area (Å²) in [7, 11) is 0. The number of nitrogens with zero attached hydrogens (tertiary/aromatic N) is 4. The molecule has 0 aliphatic rings. The standard InChI is InChI=1S/C11H13ClN4/c1-7(2)9-8(3)14-11(15-10(9)12)16-5-4-13-6-16/h4-7H,1-3H3. The summed E-state index contributed by atoms with van der Waals surface area (Å²) in [6, 6.07) is 0. The molecule has 5 heteroatoms. The summed E-state index contributed by atoms with van der Waals surface area (Å²) in [4.78, 5) is 12.7. The average molecular weight is 237 g/mol. The van der Waals surface area contributed by atoms with E-state index in [2.05, 4.69) is 28.8 Å². The minimum Gasteiger partial charge on any atom is -0.274 e. The molecule has 0 atom stereocenters. The van der Waals surface area contributed by atoms with Gasteiger partial charge in [0.25, 0.3) is 0 Å². The molecule has 0 aliphatic heterocycles. The maximum atomic E-state index is 6.16. The zero-order chi connectivity index (χ0) is 11.7. The van der Waals surface area contributed by atoms with Crippen LogP contribution < -0.4 is 0 Å². The van der Waals surface area contributed by atoms with E-state index in [1.165, 1.54) is 0 Å². The van der Waals surface area contributed by atoms with E-state index in [1.54, 1.807) is 23.3 Å². The van der Waals surface area contributed by atoms with Crippen molar-refractivity contribution in [1.29, 1.82) is 0 Å². The van der Waals surface area contributed by atoms with Gasteiger partial charge in [-0.05, 0) is 12.8 Å². The van der Waals surface area contributed by atoms with E-state index in [0.29, 0.717) is 17.0 Å². The molecular formula is C11H13ClN4. The fraction of sp³-hybridized carbons (Fsp3) is 0.364. The van der Waals surface area contributed by atoms with Gasteiger partial charge in [-0.15, -0.1) is 0 Å². The first-order chi connectivity index (χ1) is 7.59. The van der Waals surface area contributed by atoms with Crippen LogP contribution in [0.4, 0.5) is 0 Å². The second-order valence-corrected chi connectivity index (χ2v) is 4.30. The zero-order valence-corrected chi connectivity index (χ0v) is 10.2. The van der Waals surface area contributed by atoms with Crippen LogP contribution in [0.2, 0.25) is 5.15 Å². The number of aryl methyl sites for hydroxylation is 1. The predicted molar refractivity (Wildman–Crippen MR) is 63.0 cm³/mol. The predicted octanol–water partition coefficient (Wildman–Crippen LogP) is 2.75. The molecule has 0 spiro atoms. The lowest BCUT2D eigenvalue weighted by atomic mass is 10.0. The number of halogens is 1. The Morgan fingerprint density at radius 1 is 1.31 bits per heavy atom. The average Bonchev–Trinajstić information content (AvgIpc) is 2.67. The molecule has 0 N–H and O–H groups in total. The van der Waals surface area contributed by atoms with Crippen molar-refractivity contribution in [2.75, 3.05) is 0 Å². The van der Waals surface area contributed by atoms with Crippen molar-refractivity contribution in [2.24, 2.45) is 0 Å². The van der Waals surface area contributed by atoms with Crippen molar-refractivity contribution in [1.82, 2.24) is 19.5 Å². The molecule has 84 valence electrons. The molecule has 0 saturated heterocycles. The van der Waals surface area contributed by atoms with Crippen LogP contribution in [0.5, 0.6) is 0 Å². The molecule has 4 nitrogen and oxygen atoms in total. The summed E-state index contributed by atoms with van der Waals surface area (Å²) in [5.41, 5.74) is 1.92. The highest BCUT2D eigenvalue weighted by molar-refractivity contribution is 6.30. The number of rotatable bonds is 2. The van der Waals surface area contributed by atoms with Crippen LogP contribution in [0.3, 0.4) is 0 Å². The molecule has 0 aliphatic carbocycles. The second-order valence-electron chi connectivity index (χ2n) is 3.94. The maximum absolute atomic E-state index is 6.16. The van der Waals surface area contributed by atoms with Crippen molar-refractivity contribution in [2.45, 2.75) is 26.7 Å². The van der Waals surface area contributed by atoms with Gasteiger partial charge in [0.15, 0.2) is 0 Å². The van der Waals surface area contributed by atoms with Gasteiger partial charge in [0.05, 0.1) is 0 Å². The van der Waals surface area contributed by atoms with Gasteiger partial charge < -0.3 is 0 Å². The zero-order valence-electron chi connectivity index (χ0n) is 9.48. The number of hydrogen-bond acceptors (Lipinski definition) is 3. The van der Waals surface area contributed by atoms with E-state index in [1.807, 2.05) is 6.92 Å². The van der Waals surface area contributed by atoms with Gasteiger partial charge in [-0.3, -0.25) is 4.57 Å². The Kier molecular flexibility index (Phi) is 2.92. The molecule has 0 saturated carbocycles. The van der Waals surface area contributed by atoms with Crippen LogP contribution >= 0.6 is 11.6 Å². The summed E-state index contributed by atoms with van der Waals surface area (Å²) in [5, 5.41) is 0.520. The molecule has 2 aromatic heterocycles. The topological polar surface area (TPSA) is 43.6 Å². The maximum Gasteiger partial charge on any atom is 0.236 e. The Bertz CT molecular complexity index is 468. The van der Waals surface area contributed by atoms with Crippen molar-refractivity contribution in [3.8, 4) is 5.95 Å². The molecule has 0 bridgehead atoms. The molecule has 0 amide bonds. The quantitative estimate of drug-likeness (QED) is 0.753. The van der Waals surface area contributed by atoms with E-state index in [4.69, 9.17) is 11.6 Å². The van der Waals surface area contributed by atoms with Crippen LogP contribution in [-0.4, -0.2) is 19.5 Å². The Morgan fingerprint density at radius 2 is 2.06 bits per heavy atom. The summed E-state index contributed by atoms with van der Waals surface area (Å²) in [6.07, 6.45) is 5.13. The SMILES string of the molecule is Cc1nc(-n2ccnc2)nc(Cl)c1C(C)C. The summed E-state index contributed by atoms with van der Waals surface area (Å²) >= 11 is 6.16. The lowest BCUT2D eigenvalue weighted by Crippen LogP contribution is -2.05. The van der Waals surface area contributed by atoms with Crippen LogP contribution in [0.25, 0.3) is 5.95 Å². The van der Waals surface area contributed by atoms with E-state index in [-0.39, 0.29) is 0 Å². The van der Waals surface area contributed by atoms with Crippen LogP contribution in [0, 0.1) is 6.92 Å². The minimum absolute atomic E-state index is 0.323. The van der Waals surface area contributed by atoms with Crippen molar-refractivity contribution in [3.63, 3.8) is 0 Å². The highest BCUT2D eigenvalue weighted by Crippen LogP contribution is 2.25. The summed E-state index contributed by atoms with van der Waals surface area (Å²) in [6.45, 7) is 6.10. The van der Waals surface area contributed by atoms with Crippen molar-refractivity contribution >= 4 is 11.6 Å². The monoisotopic (exact) mass is 236 g/mol. The first kappa shape index (κ1) is 11.1. The third-order valence-corrected chi connectivity index (χ3v) is 2.68. The smallest absolute Gasteiger partial charge is 0.236 e. The molecule has 16 heavy (non-hydrogen) atoms. The molecule has 2 aromatic rings. The number of aromatic nitrogens is 4. The van der Waals surface area contributed by atoms with E-state index in [9.17, 15) is 0 Å². The fourth-order valence-corrected chi connectivity index (χ4v) is 2.11. The van der Waals surface area contributed by atoms with Crippen molar-refractivity contribution in [3.05, 3.63) is 35.1 Å². The summed E-state index contributed by atoms with van der Waals surface area (Å²) in [5.74, 6) is 0.883. The van der Waals surface area contributed by atoms with E-state index in [0.717, 1.165) is 11.3 Å². The molecular weight excluding hydrogens is 224 g/mol. The number of hydrogen-bond donors (Lipinski definition) is 0. The molecule has 0 unspecified atom stereocenters. The lowest BCUT2D eigenvalue weighted by Gasteiger charge is -2.12. The second kappa shape index (κ2) is 4.22. The van der Waals surface area contributed by atoms with Crippen LogP contribution in [0.15, 0.2) is 18.7 Å². The fourth-order valence-electron chi connectivity index (χ4n) is 1.68. The number of imidazole rings is 1. The Hall–Kier alpha value is -1.42. The Labute approximate surface area is 99.3 Å². The first-order valence-electron chi connectivity index (χ1n) is 5.12. The van der Waals surface area contributed by atoms with E-state index < -0.39 is 0 Å². The van der Waals surface area contributed by atoms with Gasteiger partial charge in [-0.2, -0.15) is 0 Å². The Morgan fingerprint density at radius 3 is 2.56 bits per heavy atom. The molecule has 2 heterocycles. The Balaban J connectivity index is 2.53. The lowest BCUT2D eigenvalue weighted by molar-refractivity contribution is 0.810. The molecule has 0 aromatic carbocycles. The van der Waals surface area contributed by atoms with Gasteiger partial charge in [0, 0.05) is 23.7 Å². The van der Waals surface area contributed by atoms with Gasteiger partial charge >= 0.3 is 0 Å². The minimum atomic E-state index is 0.323. The first-order valence-corrected chi connectivity index (χ1v) is 5.49. The molecule has 2 rings (SSSR count). The van der Waals surface area contributed by atoms with Gasteiger partial charge in [0.2, 0.25) is 5.95 Å². The third kappa shape index (κ3) is 1.93. The molecule has 0 fully saturated rings. The summed E-state index contributed by atoms with van der Waals surface area (Å²) < 4.78 is 1.74. The van der Waals surface area contributed by atoms with Gasteiger partial charge in [0.1, 0.15) is 11.5 Å². The van der Waals surface area contributed by atoms with E-state index >= 15 is 0 Å². The van der Waals surface area contributed by atoms with Crippen LogP contribution in [0.1, 0.15) is 31.0 Å². The largest absolute Gasteiger partial charge is 0.274 e. The third-order valence-electron chi connectivity index (χ3n) is 2.39. The highest BCUT2D eigenvalue weighted by Gasteiger charge is 2.13. The van der Waals surface area contributed by atoms with Gasteiger partial charge in [-0.25, -0.2) is 15.0 Å².